The van der Waals surface area contributed by atoms with E-state index in [0.717, 1.165) is 13.0 Å². The van der Waals surface area contributed by atoms with Crippen molar-refractivity contribution < 1.29 is 4.74 Å². The maximum Gasteiger partial charge on any atom is 0.0572 e. The van der Waals surface area contributed by atoms with Crippen molar-refractivity contribution >= 4 is 5.57 Å². The van der Waals surface area contributed by atoms with Gasteiger partial charge in [0.2, 0.25) is 0 Å². The summed E-state index contributed by atoms with van der Waals surface area (Å²) in [5.74, 6) is 1.07. The van der Waals surface area contributed by atoms with Gasteiger partial charge in [0.1, 0.15) is 0 Å². The molecule has 0 saturated heterocycles. The summed E-state index contributed by atoms with van der Waals surface area (Å²) < 4.78 is 5.40. The Morgan fingerprint density at radius 2 is 2.12 bits per heavy atom. The number of hydrogen-bond acceptors (Lipinski definition) is 1. The molecule has 0 spiro atoms. The number of rotatable bonds is 2. The molecule has 17 heavy (non-hydrogen) atoms. The lowest BCUT2D eigenvalue weighted by Gasteiger charge is -2.19. The molecular formula is C16H18O. The molecular weight excluding hydrogens is 208 g/mol. The second-order valence-corrected chi connectivity index (χ2v) is 5.00. The Morgan fingerprint density at radius 3 is 2.94 bits per heavy atom. The molecule has 1 aromatic carbocycles. The van der Waals surface area contributed by atoms with Crippen LogP contribution in [0.25, 0.3) is 5.57 Å². The Kier molecular flexibility index (Phi) is 2.64. The molecule has 0 radical (unpaired) electrons. The molecule has 2 unspecified atom stereocenters. The topological polar surface area (TPSA) is 9.23 Å². The van der Waals surface area contributed by atoms with Crippen LogP contribution in [0.5, 0.6) is 0 Å². The maximum atomic E-state index is 5.40. The third-order valence-corrected chi connectivity index (χ3v) is 3.93. The van der Waals surface area contributed by atoms with Crippen LogP contribution in [0.1, 0.15) is 30.4 Å². The van der Waals surface area contributed by atoms with E-state index in [2.05, 4.69) is 43.3 Å². The van der Waals surface area contributed by atoms with E-state index in [9.17, 15) is 0 Å². The first-order valence-electron chi connectivity index (χ1n) is 6.31. The van der Waals surface area contributed by atoms with Crippen molar-refractivity contribution in [3.05, 3.63) is 53.1 Å². The van der Waals surface area contributed by atoms with E-state index in [1.807, 2.05) is 0 Å². The fourth-order valence-electron chi connectivity index (χ4n) is 3.18. The molecule has 0 saturated carbocycles. The standard InChI is InChI=1S/C16H18O/c1-11-6-5-9-14-15(10-17-2)12-7-3-4-8-13(12)16(11)14/h3-5,7-9,11,15H,6,10H2,1-2H3. The van der Waals surface area contributed by atoms with Crippen molar-refractivity contribution in [3.8, 4) is 0 Å². The highest BCUT2D eigenvalue weighted by Gasteiger charge is 2.32. The van der Waals surface area contributed by atoms with Gasteiger partial charge in [-0.15, -0.1) is 0 Å². The van der Waals surface area contributed by atoms with Crippen molar-refractivity contribution in [2.45, 2.75) is 19.3 Å². The number of methoxy groups -OCH3 is 1. The maximum absolute atomic E-state index is 5.40. The average molecular weight is 226 g/mol. The van der Waals surface area contributed by atoms with Crippen LogP contribution in [0.3, 0.4) is 0 Å². The van der Waals surface area contributed by atoms with Crippen molar-refractivity contribution in [2.24, 2.45) is 5.92 Å². The van der Waals surface area contributed by atoms with Crippen molar-refractivity contribution in [3.63, 3.8) is 0 Å². The lowest BCUT2D eigenvalue weighted by Crippen LogP contribution is -2.07. The molecule has 1 aromatic rings. The summed E-state index contributed by atoms with van der Waals surface area (Å²) in [7, 11) is 1.79. The molecule has 0 bridgehead atoms. The quantitative estimate of drug-likeness (QED) is 0.745. The third-order valence-electron chi connectivity index (χ3n) is 3.93. The largest absolute Gasteiger partial charge is 0.384 e. The van der Waals surface area contributed by atoms with Gasteiger partial charge >= 0.3 is 0 Å². The van der Waals surface area contributed by atoms with Gasteiger partial charge in [0.25, 0.3) is 0 Å². The highest BCUT2D eigenvalue weighted by molar-refractivity contribution is 5.82. The Morgan fingerprint density at radius 1 is 1.29 bits per heavy atom. The highest BCUT2D eigenvalue weighted by atomic mass is 16.5. The van der Waals surface area contributed by atoms with Crippen LogP contribution in [0.2, 0.25) is 0 Å². The van der Waals surface area contributed by atoms with E-state index in [-0.39, 0.29) is 0 Å². The van der Waals surface area contributed by atoms with Gasteiger partial charge in [-0.05, 0) is 34.6 Å². The van der Waals surface area contributed by atoms with Gasteiger partial charge in [0, 0.05) is 13.0 Å². The Balaban J connectivity index is 2.15. The number of ether oxygens (including phenoxy) is 1. The molecule has 3 rings (SSSR count). The summed E-state index contributed by atoms with van der Waals surface area (Å²) in [5.41, 5.74) is 5.91. The predicted molar refractivity (Wildman–Crippen MR) is 70.9 cm³/mol. The lowest BCUT2D eigenvalue weighted by atomic mass is 9.86. The second kappa shape index (κ2) is 4.15. The summed E-state index contributed by atoms with van der Waals surface area (Å²) in [6, 6.07) is 8.78. The summed E-state index contributed by atoms with van der Waals surface area (Å²) in [6.07, 6.45) is 5.77. The van der Waals surface area contributed by atoms with E-state index in [1.54, 1.807) is 12.7 Å². The molecule has 2 aliphatic rings. The van der Waals surface area contributed by atoms with E-state index in [1.165, 1.54) is 16.7 Å². The Bertz CT molecular complexity index is 496. The molecule has 1 nitrogen and oxygen atoms in total. The lowest BCUT2D eigenvalue weighted by molar-refractivity contribution is 0.190. The molecule has 0 amide bonds. The zero-order valence-corrected chi connectivity index (χ0v) is 10.4. The Labute approximate surface area is 103 Å². The molecule has 0 heterocycles. The van der Waals surface area contributed by atoms with Gasteiger partial charge in [-0.3, -0.25) is 0 Å². The van der Waals surface area contributed by atoms with E-state index in [0.29, 0.717) is 11.8 Å². The van der Waals surface area contributed by atoms with Crippen LogP contribution in [0, 0.1) is 5.92 Å². The minimum absolute atomic E-state index is 0.435. The monoisotopic (exact) mass is 226 g/mol. The predicted octanol–water partition coefficient (Wildman–Crippen LogP) is 3.78. The number of allylic oxidation sites excluding steroid dienone is 3. The molecule has 0 fully saturated rings. The van der Waals surface area contributed by atoms with E-state index >= 15 is 0 Å². The highest BCUT2D eigenvalue weighted by Crippen LogP contribution is 2.48. The van der Waals surface area contributed by atoms with Crippen LogP contribution in [-0.4, -0.2) is 13.7 Å². The van der Waals surface area contributed by atoms with Crippen LogP contribution < -0.4 is 0 Å². The van der Waals surface area contributed by atoms with Crippen molar-refractivity contribution in [1.29, 1.82) is 0 Å². The van der Waals surface area contributed by atoms with E-state index < -0.39 is 0 Å². The first-order valence-corrected chi connectivity index (χ1v) is 6.31. The van der Waals surface area contributed by atoms with Crippen LogP contribution in [0.4, 0.5) is 0 Å². The molecule has 1 heteroatoms. The van der Waals surface area contributed by atoms with Gasteiger partial charge < -0.3 is 4.74 Å². The average Bonchev–Trinajstić information content (AvgIpc) is 2.66. The summed E-state index contributed by atoms with van der Waals surface area (Å²) in [5, 5.41) is 0. The van der Waals surface area contributed by atoms with Crippen molar-refractivity contribution in [2.75, 3.05) is 13.7 Å². The molecule has 88 valence electrons. The van der Waals surface area contributed by atoms with E-state index in [4.69, 9.17) is 4.74 Å². The van der Waals surface area contributed by atoms with Crippen LogP contribution in [0.15, 0.2) is 42.0 Å². The summed E-state index contributed by atoms with van der Waals surface area (Å²) in [6.45, 7) is 3.11. The smallest absolute Gasteiger partial charge is 0.0572 e. The van der Waals surface area contributed by atoms with Crippen LogP contribution in [-0.2, 0) is 4.74 Å². The fourth-order valence-corrected chi connectivity index (χ4v) is 3.18. The number of benzene rings is 1. The summed E-state index contributed by atoms with van der Waals surface area (Å²) >= 11 is 0. The summed E-state index contributed by atoms with van der Waals surface area (Å²) in [4.78, 5) is 0. The van der Waals surface area contributed by atoms with Crippen molar-refractivity contribution in [1.82, 2.24) is 0 Å². The van der Waals surface area contributed by atoms with Crippen LogP contribution >= 0.6 is 0 Å². The molecule has 0 aromatic heterocycles. The van der Waals surface area contributed by atoms with Gasteiger partial charge in [-0.25, -0.2) is 0 Å². The number of hydrogen-bond donors (Lipinski definition) is 0. The normalized spacial score (nSPS) is 26.0. The minimum atomic E-state index is 0.435. The zero-order chi connectivity index (χ0) is 11.8. The third kappa shape index (κ3) is 1.57. The second-order valence-electron chi connectivity index (χ2n) is 5.00. The zero-order valence-electron chi connectivity index (χ0n) is 10.4. The molecule has 0 aliphatic heterocycles. The van der Waals surface area contributed by atoms with Gasteiger partial charge in [-0.2, -0.15) is 0 Å². The first-order chi connectivity index (χ1) is 8.33. The Hall–Kier alpha value is -1.34. The van der Waals surface area contributed by atoms with Gasteiger partial charge in [0.15, 0.2) is 0 Å². The SMILES string of the molecule is COCC1C2=C(c3ccccc31)C(C)CC=C2. The molecule has 2 atom stereocenters. The minimum Gasteiger partial charge on any atom is -0.384 e. The number of fused-ring (bicyclic) bond motifs is 2. The fraction of sp³-hybridized carbons (Fsp3) is 0.375. The molecule has 2 aliphatic carbocycles. The molecule has 0 N–H and O–H groups in total. The van der Waals surface area contributed by atoms with Gasteiger partial charge in [-0.1, -0.05) is 43.3 Å². The van der Waals surface area contributed by atoms with Gasteiger partial charge in [0.05, 0.1) is 6.61 Å². The first kappa shape index (κ1) is 10.8.